The molecule has 2 aromatic heterocycles. The molecular formula is C21H20N4O4. The highest BCUT2D eigenvalue weighted by Crippen LogP contribution is 2.28. The van der Waals surface area contributed by atoms with Crippen LogP contribution in [0, 0.1) is 6.92 Å². The second-order valence-corrected chi connectivity index (χ2v) is 6.47. The Kier molecular flexibility index (Phi) is 5.54. The van der Waals surface area contributed by atoms with Gasteiger partial charge in [0.05, 0.1) is 11.1 Å². The Hall–Kier alpha value is -3.81. The molecule has 2 N–H and O–H groups in total. The van der Waals surface area contributed by atoms with E-state index in [-0.39, 0.29) is 22.6 Å². The average molecular weight is 392 g/mol. The number of anilines is 2. The third-order valence-electron chi connectivity index (χ3n) is 4.49. The quantitative estimate of drug-likeness (QED) is 0.619. The molecule has 0 bridgehead atoms. The Morgan fingerprint density at radius 3 is 2.41 bits per heavy atom. The van der Waals surface area contributed by atoms with Crippen LogP contribution in [0.25, 0.3) is 11.3 Å². The minimum Gasteiger partial charge on any atom is -0.478 e. The largest absolute Gasteiger partial charge is 0.478 e. The lowest BCUT2D eigenvalue weighted by atomic mass is 10.0. The van der Waals surface area contributed by atoms with Gasteiger partial charge in [0.25, 0.3) is 5.56 Å². The van der Waals surface area contributed by atoms with Crippen LogP contribution in [0.3, 0.4) is 0 Å². The van der Waals surface area contributed by atoms with Crippen LogP contribution in [0.4, 0.5) is 11.4 Å². The summed E-state index contributed by atoms with van der Waals surface area (Å²) in [5.41, 5.74) is 2.08. The van der Waals surface area contributed by atoms with Gasteiger partial charge in [0.1, 0.15) is 11.4 Å². The average Bonchev–Trinajstić information content (AvgIpc) is 2.69. The molecule has 0 aliphatic heterocycles. The number of rotatable bonds is 6. The first-order valence-corrected chi connectivity index (χ1v) is 9.00. The predicted molar refractivity (Wildman–Crippen MR) is 109 cm³/mol. The van der Waals surface area contributed by atoms with Crippen LogP contribution < -0.4 is 10.9 Å². The van der Waals surface area contributed by atoms with Gasteiger partial charge in [-0.05, 0) is 56.7 Å². The number of nitrogens with one attached hydrogen (secondary N) is 1. The summed E-state index contributed by atoms with van der Waals surface area (Å²) in [5.74, 6) is -1.35. The first-order chi connectivity index (χ1) is 13.8. The van der Waals surface area contributed by atoms with E-state index in [2.05, 4.69) is 15.4 Å². The van der Waals surface area contributed by atoms with Crippen molar-refractivity contribution in [3.63, 3.8) is 0 Å². The molecule has 0 radical (unpaired) electrons. The van der Waals surface area contributed by atoms with Gasteiger partial charge in [-0.3, -0.25) is 14.6 Å². The summed E-state index contributed by atoms with van der Waals surface area (Å²) in [6.07, 6.45) is 3.17. The van der Waals surface area contributed by atoms with Gasteiger partial charge >= 0.3 is 5.97 Å². The van der Waals surface area contributed by atoms with Gasteiger partial charge in [0.2, 0.25) is 0 Å². The molecule has 0 spiro atoms. The van der Waals surface area contributed by atoms with Gasteiger partial charge in [-0.15, -0.1) is 0 Å². The summed E-state index contributed by atoms with van der Waals surface area (Å²) in [5, 5.41) is 16.6. The summed E-state index contributed by atoms with van der Waals surface area (Å²) in [4.78, 5) is 40.7. The number of carbonyl (C=O) groups is 2. The fraction of sp³-hybridized carbons (Fsp3) is 0.190. The predicted octanol–water partition coefficient (Wildman–Crippen LogP) is 3.28. The number of nitrogens with zero attached hydrogens (tertiary/aromatic N) is 3. The Labute approximate surface area is 166 Å². The molecule has 3 aromatic rings. The topological polar surface area (TPSA) is 114 Å². The fourth-order valence-corrected chi connectivity index (χ4v) is 3.08. The number of aromatic nitrogens is 3. The number of Topliss-reactive ketones (excluding diaryl/α,β-unsaturated/α-hetero) is 1. The van der Waals surface area contributed by atoms with E-state index in [0.29, 0.717) is 29.1 Å². The molecule has 8 heteroatoms. The zero-order chi connectivity index (χ0) is 21.1. The maximum atomic E-state index is 13.0. The number of hydrogen-bond donors (Lipinski definition) is 2. The molecule has 0 atom stereocenters. The highest BCUT2D eigenvalue weighted by Gasteiger charge is 2.22. The van der Waals surface area contributed by atoms with Crippen molar-refractivity contribution in [1.29, 1.82) is 0 Å². The Morgan fingerprint density at radius 1 is 1.17 bits per heavy atom. The highest BCUT2D eigenvalue weighted by atomic mass is 16.4. The van der Waals surface area contributed by atoms with Crippen molar-refractivity contribution in [3.05, 3.63) is 69.8 Å². The van der Waals surface area contributed by atoms with E-state index in [9.17, 15) is 19.5 Å². The minimum absolute atomic E-state index is 0.101. The molecule has 3 rings (SSSR count). The molecule has 0 amide bonds. The van der Waals surface area contributed by atoms with Gasteiger partial charge in [0.15, 0.2) is 5.78 Å². The molecule has 0 aliphatic carbocycles. The molecule has 0 saturated carbocycles. The minimum atomic E-state index is -1.03. The summed E-state index contributed by atoms with van der Waals surface area (Å²) in [6.45, 7) is 5.15. The molecule has 2 heterocycles. The van der Waals surface area contributed by atoms with Crippen LogP contribution in [-0.2, 0) is 6.54 Å². The zero-order valence-corrected chi connectivity index (χ0v) is 16.3. The molecule has 148 valence electrons. The van der Waals surface area contributed by atoms with Crippen LogP contribution in [0.1, 0.15) is 40.1 Å². The molecular weight excluding hydrogens is 372 g/mol. The van der Waals surface area contributed by atoms with Crippen molar-refractivity contribution >= 4 is 23.1 Å². The zero-order valence-electron chi connectivity index (χ0n) is 16.3. The molecule has 29 heavy (non-hydrogen) atoms. The SMILES string of the molecule is CCn1nc(-c2ccncc2)c(C(C)=O)c(Nc2ccc(C(=O)O)c(C)c2)c1=O. The van der Waals surface area contributed by atoms with Crippen molar-refractivity contribution in [2.24, 2.45) is 0 Å². The molecule has 8 nitrogen and oxygen atoms in total. The van der Waals surface area contributed by atoms with Gasteiger partial charge in [-0.1, -0.05) is 0 Å². The third kappa shape index (κ3) is 3.91. The monoisotopic (exact) mass is 392 g/mol. The number of aromatic carboxylic acids is 1. The first kappa shape index (κ1) is 19.9. The van der Waals surface area contributed by atoms with E-state index in [1.54, 1.807) is 50.5 Å². The second-order valence-electron chi connectivity index (χ2n) is 6.47. The van der Waals surface area contributed by atoms with E-state index in [4.69, 9.17) is 0 Å². The van der Waals surface area contributed by atoms with Crippen molar-refractivity contribution in [2.45, 2.75) is 27.3 Å². The van der Waals surface area contributed by atoms with Crippen molar-refractivity contribution in [2.75, 3.05) is 5.32 Å². The van der Waals surface area contributed by atoms with Crippen LogP contribution in [0.5, 0.6) is 0 Å². The molecule has 1 aromatic carbocycles. The summed E-state index contributed by atoms with van der Waals surface area (Å²) in [6, 6.07) is 8.07. The van der Waals surface area contributed by atoms with E-state index < -0.39 is 11.5 Å². The Balaban J connectivity index is 2.22. The Bertz CT molecular complexity index is 1150. The number of carbonyl (C=O) groups excluding carboxylic acids is 1. The summed E-state index contributed by atoms with van der Waals surface area (Å²) >= 11 is 0. The smallest absolute Gasteiger partial charge is 0.335 e. The molecule has 0 saturated heterocycles. The third-order valence-corrected chi connectivity index (χ3v) is 4.49. The lowest BCUT2D eigenvalue weighted by molar-refractivity contribution is 0.0696. The van der Waals surface area contributed by atoms with E-state index in [1.165, 1.54) is 17.7 Å². The van der Waals surface area contributed by atoms with Crippen molar-refractivity contribution in [3.8, 4) is 11.3 Å². The van der Waals surface area contributed by atoms with Gasteiger partial charge < -0.3 is 10.4 Å². The van der Waals surface area contributed by atoms with Crippen molar-refractivity contribution in [1.82, 2.24) is 14.8 Å². The Morgan fingerprint density at radius 2 is 1.86 bits per heavy atom. The fourth-order valence-electron chi connectivity index (χ4n) is 3.08. The number of aryl methyl sites for hydroxylation is 2. The van der Waals surface area contributed by atoms with Crippen molar-refractivity contribution < 1.29 is 14.7 Å². The number of ketones is 1. The lowest BCUT2D eigenvalue weighted by Gasteiger charge is -2.16. The number of carboxylic acid groups (broad SMARTS) is 1. The van der Waals surface area contributed by atoms with Crippen LogP contribution in [-0.4, -0.2) is 31.6 Å². The summed E-state index contributed by atoms with van der Waals surface area (Å²) < 4.78 is 1.28. The number of pyridine rings is 1. The molecule has 0 fully saturated rings. The van der Waals surface area contributed by atoms with E-state index in [0.717, 1.165) is 0 Å². The number of carboxylic acids is 1. The number of benzene rings is 1. The molecule has 0 aliphatic rings. The highest BCUT2D eigenvalue weighted by molar-refractivity contribution is 6.05. The normalized spacial score (nSPS) is 10.6. The maximum Gasteiger partial charge on any atom is 0.335 e. The van der Waals surface area contributed by atoms with Gasteiger partial charge in [-0.25, -0.2) is 9.48 Å². The second kappa shape index (κ2) is 8.05. The van der Waals surface area contributed by atoms with Gasteiger partial charge in [-0.2, -0.15) is 5.10 Å². The van der Waals surface area contributed by atoms with Crippen LogP contribution >= 0.6 is 0 Å². The van der Waals surface area contributed by atoms with E-state index in [1.807, 2.05) is 0 Å². The van der Waals surface area contributed by atoms with E-state index >= 15 is 0 Å². The standard InChI is InChI=1S/C21H20N4O4/c1-4-25-20(27)19(23-15-5-6-16(21(28)29)12(2)11-15)17(13(3)26)18(24-25)14-7-9-22-10-8-14/h5-11,23H,4H2,1-3H3,(H,28,29). The summed E-state index contributed by atoms with van der Waals surface area (Å²) in [7, 11) is 0. The number of hydrogen-bond acceptors (Lipinski definition) is 6. The first-order valence-electron chi connectivity index (χ1n) is 9.00. The molecule has 0 unspecified atom stereocenters. The maximum absolute atomic E-state index is 13.0. The van der Waals surface area contributed by atoms with Crippen LogP contribution in [0.2, 0.25) is 0 Å². The van der Waals surface area contributed by atoms with Crippen LogP contribution in [0.15, 0.2) is 47.5 Å². The van der Waals surface area contributed by atoms with Gasteiger partial charge in [0, 0.05) is 30.2 Å². The lowest BCUT2D eigenvalue weighted by Crippen LogP contribution is -2.28.